The minimum absolute atomic E-state index is 0.175. The predicted molar refractivity (Wildman–Crippen MR) is 86.5 cm³/mol. The minimum atomic E-state index is -0.175. The molecule has 0 amide bonds. The first kappa shape index (κ1) is 13.9. The molecule has 0 saturated carbocycles. The fraction of sp³-hybridized carbons (Fsp3) is 0. The zero-order valence-corrected chi connectivity index (χ0v) is 13.9. The molecule has 0 aliphatic carbocycles. The van der Waals surface area contributed by atoms with Crippen molar-refractivity contribution >= 4 is 60.2 Å². The monoisotopic (exact) mass is 412 g/mol. The van der Waals surface area contributed by atoms with E-state index in [0.29, 0.717) is 21.9 Å². The van der Waals surface area contributed by atoms with Crippen LogP contribution in [0, 0.1) is 0 Å². The lowest BCUT2D eigenvalue weighted by molar-refractivity contribution is 0.101. The second-order valence-electron chi connectivity index (χ2n) is 4.25. The molecule has 100 valence electrons. The van der Waals surface area contributed by atoms with Crippen LogP contribution in [0.3, 0.4) is 0 Å². The van der Waals surface area contributed by atoms with Crippen LogP contribution in [-0.4, -0.2) is 5.78 Å². The fourth-order valence-corrected chi connectivity index (χ4v) is 2.90. The van der Waals surface area contributed by atoms with Crippen molar-refractivity contribution in [3.05, 3.63) is 67.8 Å². The van der Waals surface area contributed by atoms with E-state index >= 15 is 0 Å². The summed E-state index contributed by atoms with van der Waals surface area (Å²) in [7, 11) is 0. The van der Waals surface area contributed by atoms with Crippen molar-refractivity contribution in [1.29, 1.82) is 0 Å². The third kappa shape index (κ3) is 2.55. The van der Waals surface area contributed by atoms with Crippen molar-refractivity contribution in [2.75, 3.05) is 0 Å². The Morgan fingerprint density at radius 3 is 2.65 bits per heavy atom. The lowest BCUT2D eigenvalue weighted by Gasteiger charge is -2.01. The predicted octanol–water partition coefficient (Wildman–Crippen LogP) is 5.84. The van der Waals surface area contributed by atoms with Crippen molar-refractivity contribution in [2.45, 2.75) is 0 Å². The highest BCUT2D eigenvalue weighted by atomic mass is 79.9. The van der Waals surface area contributed by atoms with Crippen LogP contribution in [0.25, 0.3) is 11.0 Å². The van der Waals surface area contributed by atoms with Crippen molar-refractivity contribution in [1.82, 2.24) is 0 Å². The SMILES string of the molecule is O=C(c1cc2cc(Cl)ccc2o1)c1cc(Br)ccc1Br. The normalized spacial score (nSPS) is 10.9. The van der Waals surface area contributed by atoms with Gasteiger partial charge in [-0.1, -0.05) is 43.5 Å². The molecular formula is C15H7Br2ClO2. The molecule has 0 radical (unpaired) electrons. The van der Waals surface area contributed by atoms with Crippen LogP contribution in [0.1, 0.15) is 16.1 Å². The van der Waals surface area contributed by atoms with Gasteiger partial charge in [-0.05, 0) is 42.5 Å². The Hall–Kier alpha value is -1.10. The molecule has 0 aliphatic heterocycles. The van der Waals surface area contributed by atoms with Crippen LogP contribution in [0.2, 0.25) is 5.02 Å². The quantitative estimate of drug-likeness (QED) is 0.493. The zero-order chi connectivity index (χ0) is 14.3. The fourth-order valence-electron chi connectivity index (χ4n) is 1.93. The second kappa shape index (κ2) is 5.35. The number of ketones is 1. The molecule has 5 heteroatoms. The Bertz CT molecular complexity index is 824. The van der Waals surface area contributed by atoms with E-state index in [1.807, 2.05) is 12.1 Å². The number of halogens is 3. The molecule has 0 atom stereocenters. The van der Waals surface area contributed by atoms with Gasteiger partial charge in [0, 0.05) is 24.9 Å². The van der Waals surface area contributed by atoms with E-state index in [2.05, 4.69) is 31.9 Å². The number of benzene rings is 2. The molecule has 0 saturated heterocycles. The van der Waals surface area contributed by atoms with Gasteiger partial charge in [0.15, 0.2) is 5.76 Å². The summed E-state index contributed by atoms with van der Waals surface area (Å²) in [4.78, 5) is 12.5. The Balaban J connectivity index is 2.10. The van der Waals surface area contributed by atoms with Crippen molar-refractivity contribution in [3.8, 4) is 0 Å². The van der Waals surface area contributed by atoms with Gasteiger partial charge < -0.3 is 4.42 Å². The standard InChI is InChI=1S/C15H7Br2ClO2/c16-9-1-3-12(17)11(7-9)15(19)14-6-8-5-10(18)2-4-13(8)20-14/h1-7H. The molecule has 0 bridgehead atoms. The van der Waals surface area contributed by atoms with E-state index in [1.165, 1.54) is 0 Å². The first-order valence-corrected chi connectivity index (χ1v) is 7.70. The number of furan rings is 1. The first-order valence-electron chi connectivity index (χ1n) is 5.73. The van der Waals surface area contributed by atoms with Crippen LogP contribution in [-0.2, 0) is 0 Å². The van der Waals surface area contributed by atoms with E-state index in [9.17, 15) is 4.79 Å². The van der Waals surface area contributed by atoms with Gasteiger partial charge in [0.05, 0.1) is 0 Å². The van der Waals surface area contributed by atoms with E-state index < -0.39 is 0 Å². The molecule has 20 heavy (non-hydrogen) atoms. The van der Waals surface area contributed by atoms with Crippen molar-refractivity contribution in [2.24, 2.45) is 0 Å². The number of carbonyl (C=O) groups excluding carboxylic acids is 1. The molecule has 0 fully saturated rings. The van der Waals surface area contributed by atoms with Crippen molar-refractivity contribution < 1.29 is 9.21 Å². The first-order chi connectivity index (χ1) is 9.54. The summed E-state index contributed by atoms with van der Waals surface area (Å²) >= 11 is 12.7. The lowest BCUT2D eigenvalue weighted by atomic mass is 10.1. The smallest absolute Gasteiger partial charge is 0.229 e. The Morgan fingerprint density at radius 2 is 1.85 bits per heavy atom. The van der Waals surface area contributed by atoms with E-state index in [0.717, 1.165) is 14.3 Å². The van der Waals surface area contributed by atoms with Crippen molar-refractivity contribution in [3.63, 3.8) is 0 Å². The zero-order valence-electron chi connectivity index (χ0n) is 9.99. The van der Waals surface area contributed by atoms with E-state index in [1.54, 1.807) is 30.3 Å². The third-order valence-corrected chi connectivity index (χ3v) is 4.30. The largest absolute Gasteiger partial charge is 0.453 e. The summed E-state index contributed by atoms with van der Waals surface area (Å²) in [6, 6.07) is 12.4. The maximum Gasteiger partial charge on any atom is 0.229 e. The molecule has 1 heterocycles. The van der Waals surface area contributed by atoms with Crippen LogP contribution in [0.4, 0.5) is 0 Å². The Morgan fingerprint density at radius 1 is 1.05 bits per heavy atom. The number of fused-ring (bicyclic) bond motifs is 1. The summed E-state index contributed by atoms with van der Waals surface area (Å²) in [5.41, 5.74) is 1.19. The number of hydrogen-bond acceptors (Lipinski definition) is 2. The van der Waals surface area contributed by atoms with Crippen LogP contribution in [0.5, 0.6) is 0 Å². The second-order valence-corrected chi connectivity index (χ2v) is 6.45. The molecule has 0 N–H and O–H groups in total. The maximum absolute atomic E-state index is 12.5. The highest BCUT2D eigenvalue weighted by Crippen LogP contribution is 2.28. The van der Waals surface area contributed by atoms with Crippen LogP contribution >= 0.6 is 43.5 Å². The van der Waals surface area contributed by atoms with Gasteiger partial charge in [0.2, 0.25) is 5.78 Å². The number of rotatable bonds is 2. The molecule has 3 rings (SSSR count). The average molecular weight is 414 g/mol. The van der Waals surface area contributed by atoms with Crippen LogP contribution < -0.4 is 0 Å². The topological polar surface area (TPSA) is 30.2 Å². The lowest BCUT2D eigenvalue weighted by Crippen LogP contribution is -2.00. The highest BCUT2D eigenvalue weighted by Gasteiger charge is 2.17. The summed E-state index contributed by atoms with van der Waals surface area (Å²) in [5.74, 6) is 0.117. The Labute approximate surface area is 137 Å². The molecule has 2 aromatic carbocycles. The maximum atomic E-state index is 12.5. The molecule has 2 nitrogen and oxygen atoms in total. The highest BCUT2D eigenvalue weighted by molar-refractivity contribution is 9.11. The number of carbonyl (C=O) groups is 1. The molecule has 1 aromatic heterocycles. The minimum Gasteiger partial charge on any atom is -0.453 e. The number of hydrogen-bond donors (Lipinski definition) is 0. The van der Waals surface area contributed by atoms with Gasteiger partial charge in [0.1, 0.15) is 5.58 Å². The van der Waals surface area contributed by atoms with Gasteiger partial charge in [-0.2, -0.15) is 0 Å². The Kier molecular flexibility index (Phi) is 3.71. The average Bonchev–Trinajstić information content (AvgIpc) is 2.83. The van der Waals surface area contributed by atoms with Gasteiger partial charge in [-0.3, -0.25) is 4.79 Å². The van der Waals surface area contributed by atoms with Gasteiger partial charge in [-0.25, -0.2) is 0 Å². The van der Waals surface area contributed by atoms with E-state index in [-0.39, 0.29) is 5.78 Å². The summed E-state index contributed by atoms with van der Waals surface area (Å²) < 4.78 is 7.15. The van der Waals surface area contributed by atoms with Crippen LogP contribution in [0.15, 0.2) is 55.8 Å². The summed E-state index contributed by atoms with van der Waals surface area (Å²) in [6.45, 7) is 0. The van der Waals surface area contributed by atoms with Gasteiger partial charge >= 0.3 is 0 Å². The molecular weight excluding hydrogens is 407 g/mol. The molecule has 0 aliphatic rings. The van der Waals surface area contributed by atoms with Gasteiger partial charge in [-0.15, -0.1) is 0 Å². The summed E-state index contributed by atoms with van der Waals surface area (Å²) in [6.07, 6.45) is 0. The summed E-state index contributed by atoms with van der Waals surface area (Å²) in [5, 5.41) is 1.42. The molecule has 0 unspecified atom stereocenters. The van der Waals surface area contributed by atoms with Gasteiger partial charge in [0.25, 0.3) is 0 Å². The molecule has 3 aromatic rings. The van der Waals surface area contributed by atoms with E-state index in [4.69, 9.17) is 16.0 Å². The third-order valence-electron chi connectivity index (χ3n) is 2.88. The molecule has 0 spiro atoms.